The van der Waals surface area contributed by atoms with Crippen LogP contribution < -0.4 is 9.47 Å². The second-order valence-corrected chi connectivity index (χ2v) is 14.5. The van der Waals surface area contributed by atoms with E-state index in [2.05, 4.69) is 41.5 Å². The molecular weight excluding hydrogens is 540 g/mol. The van der Waals surface area contributed by atoms with Gasteiger partial charge < -0.3 is 9.47 Å². The van der Waals surface area contributed by atoms with E-state index in [1.807, 2.05) is 0 Å². The first-order valence-electron chi connectivity index (χ1n) is 19.3. The number of hydrogen-bond donors (Lipinski definition) is 0. The molecule has 1 atom stereocenters. The zero-order valence-electron chi connectivity index (χ0n) is 30.3. The number of unbranched alkanes of at least 4 members (excludes halogenated alkanes) is 21. The summed E-state index contributed by atoms with van der Waals surface area (Å²) >= 11 is 0. The maximum absolute atomic E-state index is 12.8. The zero-order valence-corrected chi connectivity index (χ0v) is 30.3. The van der Waals surface area contributed by atoms with Gasteiger partial charge in [-0.3, -0.25) is 4.79 Å². The summed E-state index contributed by atoms with van der Waals surface area (Å²) in [6.07, 6.45) is 34.5. The molecule has 0 spiro atoms. The van der Waals surface area contributed by atoms with E-state index in [0.717, 1.165) is 60.3 Å². The molecule has 0 saturated carbocycles. The third-order valence-electron chi connectivity index (χ3n) is 10.3. The van der Waals surface area contributed by atoms with E-state index in [0.29, 0.717) is 6.42 Å². The van der Waals surface area contributed by atoms with E-state index >= 15 is 0 Å². The van der Waals surface area contributed by atoms with Crippen molar-refractivity contribution in [2.75, 3.05) is 0 Å². The van der Waals surface area contributed by atoms with Gasteiger partial charge in [0.1, 0.15) is 17.1 Å². The molecule has 0 N–H and O–H groups in total. The highest BCUT2D eigenvalue weighted by Crippen LogP contribution is 2.45. The molecule has 1 aromatic carbocycles. The van der Waals surface area contributed by atoms with Gasteiger partial charge in [-0.15, -0.1) is 0 Å². The minimum Gasteiger partial charge on any atom is -0.487 e. The number of esters is 1. The van der Waals surface area contributed by atoms with Crippen LogP contribution in [0.5, 0.6) is 11.5 Å². The second-order valence-electron chi connectivity index (χ2n) is 14.5. The average Bonchev–Trinajstić information content (AvgIpc) is 3.01. The van der Waals surface area contributed by atoms with Crippen LogP contribution in [-0.4, -0.2) is 11.6 Å². The number of carbonyl (C=O) groups is 1. The summed E-state index contributed by atoms with van der Waals surface area (Å²) in [4.78, 5) is 12.8. The molecule has 2 rings (SSSR count). The van der Waals surface area contributed by atoms with Crippen LogP contribution in [0.4, 0.5) is 0 Å². The first-order valence-corrected chi connectivity index (χ1v) is 19.3. The van der Waals surface area contributed by atoms with E-state index in [4.69, 9.17) is 9.47 Å². The number of ether oxygens (including phenoxy) is 2. The summed E-state index contributed by atoms with van der Waals surface area (Å²) in [7, 11) is 0. The van der Waals surface area contributed by atoms with Gasteiger partial charge in [0, 0.05) is 12.0 Å². The predicted octanol–water partition coefficient (Wildman–Crippen LogP) is 13.4. The van der Waals surface area contributed by atoms with Crippen molar-refractivity contribution in [2.45, 2.75) is 221 Å². The Morgan fingerprint density at radius 1 is 0.614 bits per heavy atom. The van der Waals surface area contributed by atoms with Crippen molar-refractivity contribution in [3.05, 3.63) is 22.3 Å². The van der Waals surface area contributed by atoms with Crippen molar-refractivity contribution in [3.8, 4) is 11.5 Å². The van der Waals surface area contributed by atoms with Crippen molar-refractivity contribution in [3.63, 3.8) is 0 Å². The van der Waals surface area contributed by atoms with Crippen LogP contribution >= 0.6 is 0 Å². The number of benzene rings is 1. The Bertz CT molecular complexity index is 919. The van der Waals surface area contributed by atoms with Crippen LogP contribution in [-0.2, 0) is 11.2 Å². The van der Waals surface area contributed by atoms with Crippen LogP contribution in [0.25, 0.3) is 0 Å². The lowest BCUT2D eigenvalue weighted by Crippen LogP contribution is -2.37. The third-order valence-corrected chi connectivity index (χ3v) is 10.3. The predicted molar refractivity (Wildman–Crippen MR) is 190 cm³/mol. The normalized spacial score (nSPS) is 16.1. The fourth-order valence-corrected chi connectivity index (χ4v) is 7.05. The van der Waals surface area contributed by atoms with Crippen LogP contribution in [0.15, 0.2) is 0 Å². The molecule has 0 amide bonds. The molecule has 0 unspecified atom stereocenters. The van der Waals surface area contributed by atoms with Crippen molar-refractivity contribution < 1.29 is 14.3 Å². The van der Waals surface area contributed by atoms with Crippen LogP contribution in [0.2, 0.25) is 0 Å². The van der Waals surface area contributed by atoms with Gasteiger partial charge in [-0.25, -0.2) is 0 Å². The standard InChI is InChI=1S/C41H72O3/c1-7-9-11-13-15-17-18-19-20-21-23-25-27-29-32-41(6)33-31-37-36(5)39(34(3)35(4)40(37)44-41)43-38(42)30-28-26-24-22-16-14-12-10-8-2/h7-33H2,1-6H3/t41-/m0/s1. The summed E-state index contributed by atoms with van der Waals surface area (Å²) in [5.74, 6) is 1.75. The lowest BCUT2D eigenvalue weighted by atomic mass is 9.84. The smallest absolute Gasteiger partial charge is 0.311 e. The topological polar surface area (TPSA) is 35.5 Å². The Labute approximate surface area is 274 Å². The molecule has 0 fully saturated rings. The zero-order chi connectivity index (χ0) is 32.0. The Balaban J connectivity index is 1.68. The summed E-state index contributed by atoms with van der Waals surface area (Å²) in [5.41, 5.74) is 4.45. The molecular formula is C41H72O3. The fourth-order valence-electron chi connectivity index (χ4n) is 7.05. The number of fused-ring (bicyclic) bond motifs is 1. The van der Waals surface area contributed by atoms with Gasteiger partial charge in [0.15, 0.2) is 0 Å². The minimum atomic E-state index is -0.0953. The molecule has 0 bridgehead atoms. The van der Waals surface area contributed by atoms with Crippen LogP contribution in [0.1, 0.15) is 210 Å². The van der Waals surface area contributed by atoms with Crippen LogP contribution in [0, 0.1) is 20.8 Å². The quantitative estimate of drug-likeness (QED) is 0.0593. The fraction of sp³-hybridized carbons (Fsp3) is 0.829. The van der Waals surface area contributed by atoms with Gasteiger partial charge in [0.2, 0.25) is 0 Å². The Morgan fingerprint density at radius 3 is 1.52 bits per heavy atom. The molecule has 0 aliphatic carbocycles. The third kappa shape index (κ3) is 14.7. The van der Waals surface area contributed by atoms with Gasteiger partial charge in [-0.05, 0) is 76.5 Å². The molecule has 1 heterocycles. The minimum absolute atomic E-state index is 0.0853. The molecule has 44 heavy (non-hydrogen) atoms. The molecule has 0 radical (unpaired) electrons. The number of hydrogen-bond acceptors (Lipinski definition) is 3. The molecule has 1 aliphatic heterocycles. The van der Waals surface area contributed by atoms with Crippen molar-refractivity contribution in [2.24, 2.45) is 0 Å². The van der Waals surface area contributed by atoms with Gasteiger partial charge in [0.25, 0.3) is 0 Å². The highest BCUT2D eigenvalue weighted by molar-refractivity contribution is 5.74. The van der Waals surface area contributed by atoms with E-state index in [1.54, 1.807) is 0 Å². The average molecular weight is 613 g/mol. The van der Waals surface area contributed by atoms with E-state index in [1.165, 1.54) is 140 Å². The summed E-state index contributed by atoms with van der Waals surface area (Å²) < 4.78 is 12.8. The van der Waals surface area contributed by atoms with Gasteiger partial charge in [0.05, 0.1) is 0 Å². The monoisotopic (exact) mass is 613 g/mol. The molecule has 1 aliphatic rings. The summed E-state index contributed by atoms with van der Waals surface area (Å²) in [6, 6.07) is 0. The summed E-state index contributed by atoms with van der Waals surface area (Å²) in [5, 5.41) is 0. The Kier molecular flexibility index (Phi) is 20.1. The van der Waals surface area contributed by atoms with Gasteiger partial charge in [-0.1, -0.05) is 149 Å². The van der Waals surface area contributed by atoms with E-state index < -0.39 is 0 Å². The first kappa shape index (κ1) is 38.7. The van der Waals surface area contributed by atoms with Gasteiger partial charge in [-0.2, -0.15) is 0 Å². The molecule has 0 aromatic heterocycles. The van der Waals surface area contributed by atoms with Crippen molar-refractivity contribution in [1.82, 2.24) is 0 Å². The highest BCUT2D eigenvalue weighted by Gasteiger charge is 2.34. The number of carbonyl (C=O) groups excluding carboxylic acids is 1. The Morgan fingerprint density at radius 2 is 1.05 bits per heavy atom. The van der Waals surface area contributed by atoms with Crippen LogP contribution in [0.3, 0.4) is 0 Å². The molecule has 254 valence electrons. The summed E-state index contributed by atoms with van der Waals surface area (Å²) in [6.45, 7) is 13.2. The lowest BCUT2D eigenvalue weighted by Gasteiger charge is -2.38. The second kappa shape index (κ2) is 22.9. The van der Waals surface area contributed by atoms with Gasteiger partial charge >= 0.3 is 5.97 Å². The van der Waals surface area contributed by atoms with E-state index in [9.17, 15) is 4.79 Å². The van der Waals surface area contributed by atoms with Crippen molar-refractivity contribution >= 4 is 5.97 Å². The maximum atomic E-state index is 12.8. The Hall–Kier alpha value is -1.51. The highest BCUT2D eigenvalue weighted by atomic mass is 16.5. The van der Waals surface area contributed by atoms with Crippen molar-refractivity contribution in [1.29, 1.82) is 0 Å². The number of rotatable bonds is 26. The first-order chi connectivity index (χ1) is 21.3. The SMILES string of the molecule is CCCCCCCCCCCCCCCC[C@@]1(C)CCc2c(C)c(OC(=O)CCCCCCCCCCC)c(C)c(C)c2O1. The molecule has 3 nitrogen and oxygen atoms in total. The van der Waals surface area contributed by atoms with E-state index in [-0.39, 0.29) is 11.6 Å². The lowest BCUT2D eigenvalue weighted by molar-refractivity contribution is -0.134. The maximum Gasteiger partial charge on any atom is 0.311 e. The molecule has 0 saturated heterocycles. The molecule has 3 heteroatoms. The largest absolute Gasteiger partial charge is 0.487 e. The molecule has 1 aromatic rings.